The molecule has 1 aromatic rings. The molecule has 5 rings (SSSR count). The van der Waals surface area contributed by atoms with Gasteiger partial charge in [0.25, 0.3) is 0 Å². The van der Waals surface area contributed by atoms with Crippen molar-refractivity contribution in [1.29, 1.82) is 0 Å². The lowest BCUT2D eigenvalue weighted by Gasteiger charge is -2.58. The fraction of sp³-hybridized carbons (Fsp3) is 0.632. The molecular weight excluding hydrogens is 315 g/mol. The Morgan fingerprint density at radius 3 is 2.39 bits per heavy atom. The van der Waals surface area contributed by atoms with Crippen molar-refractivity contribution in [2.24, 2.45) is 17.3 Å². The fourth-order valence-electron chi connectivity index (χ4n) is 5.48. The van der Waals surface area contributed by atoms with E-state index in [1.165, 1.54) is 18.6 Å². The molecule has 5 atom stereocenters. The molecule has 0 aromatic heterocycles. The monoisotopic (exact) mass is 336 g/mol. The lowest BCUT2D eigenvalue weighted by molar-refractivity contribution is -0.175. The molecule has 4 aliphatic carbocycles. The smallest absolute Gasteiger partial charge is 0.312 e. The molecule has 0 saturated heterocycles. The molecule has 0 spiro atoms. The van der Waals surface area contributed by atoms with Gasteiger partial charge in [-0.25, -0.2) is 4.39 Å². The van der Waals surface area contributed by atoms with Crippen molar-refractivity contribution in [3.63, 3.8) is 0 Å². The molecule has 4 heteroatoms. The van der Waals surface area contributed by atoms with Crippen molar-refractivity contribution >= 4 is 17.6 Å². The van der Waals surface area contributed by atoms with Crippen molar-refractivity contribution in [2.75, 3.05) is 0 Å². The molecule has 4 fully saturated rings. The van der Waals surface area contributed by atoms with Crippen LogP contribution >= 0.6 is 11.6 Å². The Morgan fingerprint density at radius 2 is 1.83 bits per heavy atom. The summed E-state index contributed by atoms with van der Waals surface area (Å²) < 4.78 is 18.8. The van der Waals surface area contributed by atoms with Crippen molar-refractivity contribution in [3.8, 4) is 0 Å². The van der Waals surface area contributed by atoms with E-state index >= 15 is 0 Å². The highest BCUT2D eigenvalue weighted by Crippen LogP contribution is 2.64. The van der Waals surface area contributed by atoms with Crippen molar-refractivity contribution < 1.29 is 13.9 Å². The largest absolute Gasteiger partial charge is 0.457 e. The third-order valence-corrected chi connectivity index (χ3v) is 6.49. The van der Waals surface area contributed by atoms with Gasteiger partial charge in [-0.15, -0.1) is 11.6 Å². The van der Waals surface area contributed by atoms with Gasteiger partial charge >= 0.3 is 5.97 Å². The first kappa shape index (κ1) is 15.4. The number of benzene rings is 1. The van der Waals surface area contributed by atoms with Gasteiger partial charge in [0, 0.05) is 4.87 Å². The molecule has 0 N–H and O–H groups in total. The highest BCUT2D eigenvalue weighted by molar-refractivity contribution is 6.24. The summed E-state index contributed by atoms with van der Waals surface area (Å²) in [5.74, 6) is 0.760. The summed E-state index contributed by atoms with van der Waals surface area (Å²) in [4.78, 5) is 12.7. The van der Waals surface area contributed by atoms with Crippen LogP contribution in [0.4, 0.5) is 4.39 Å². The molecule has 0 heterocycles. The van der Waals surface area contributed by atoms with E-state index in [4.69, 9.17) is 16.3 Å². The number of ether oxygens (including phenoxy) is 1. The molecule has 0 radical (unpaired) electrons. The van der Waals surface area contributed by atoms with E-state index < -0.39 is 0 Å². The van der Waals surface area contributed by atoms with Crippen LogP contribution in [0.1, 0.15) is 57.1 Å². The van der Waals surface area contributed by atoms with Crippen molar-refractivity contribution in [2.45, 2.75) is 56.4 Å². The lowest BCUT2D eigenvalue weighted by Crippen LogP contribution is -2.56. The Bertz CT molecular complexity index is 613. The predicted molar refractivity (Wildman–Crippen MR) is 86.6 cm³/mol. The summed E-state index contributed by atoms with van der Waals surface area (Å²) in [5.41, 5.74) is 0.435. The summed E-state index contributed by atoms with van der Waals surface area (Å²) in [6.07, 6.45) is 5.56. The lowest BCUT2D eigenvalue weighted by atomic mass is 9.49. The maximum atomic E-state index is 13.0. The molecule has 2 unspecified atom stereocenters. The molecule has 2 nitrogen and oxygen atoms in total. The van der Waals surface area contributed by atoms with Gasteiger partial charge in [-0.05, 0) is 75.0 Å². The maximum Gasteiger partial charge on any atom is 0.312 e. The van der Waals surface area contributed by atoms with E-state index in [0.29, 0.717) is 11.8 Å². The second kappa shape index (κ2) is 5.20. The zero-order valence-electron chi connectivity index (χ0n) is 13.4. The Labute approximate surface area is 141 Å². The minimum Gasteiger partial charge on any atom is -0.457 e. The predicted octanol–water partition coefficient (Wildman–Crippen LogP) is 5.01. The van der Waals surface area contributed by atoms with Crippen LogP contribution in [0, 0.1) is 23.1 Å². The summed E-state index contributed by atoms with van der Waals surface area (Å²) in [6.45, 7) is 1.85. The van der Waals surface area contributed by atoms with Gasteiger partial charge in [0.1, 0.15) is 11.9 Å². The summed E-state index contributed by atoms with van der Waals surface area (Å²) in [5, 5.41) is 0. The third kappa shape index (κ3) is 2.67. The molecule has 124 valence electrons. The number of hydrogen-bond donors (Lipinski definition) is 0. The zero-order valence-corrected chi connectivity index (χ0v) is 14.1. The van der Waals surface area contributed by atoms with Crippen LogP contribution in [0.25, 0.3) is 0 Å². The highest BCUT2D eigenvalue weighted by atomic mass is 35.5. The van der Waals surface area contributed by atoms with E-state index in [1.807, 2.05) is 6.92 Å². The van der Waals surface area contributed by atoms with E-state index in [-0.39, 0.29) is 28.2 Å². The van der Waals surface area contributed by atoms with Crippen LogP contribution in [-0.4, -0.2) is 10.8 Å². The second-order valence-electron chi connectivity index (χ2n) is 7.99. The minimum atomic E-state index is -0.389. The maximum absolute atomic E-state index is 13.0. The van der Waals surface area contributed by atoms with Gasteiger partial charge in [0.2, 0.25) is 0 Å². The second-order valence-corrected chi connectivity index (χ2v) is 8.79. The van der Waals surface area contributed by atoms with Crippen LogP contribution in [0.5, 0.6) is 0 Å². The third-order valence-electron chi connectivity index (χ3n) is 6.05. The molecule has 1 aromatic carbocycles. The fourth-order valence-corrected chi connectivity index (χ4v) is 6.17. The summed E-state index contributed by atoms with van der Waals surface area (Å²) in [7, 11) is 0. The first-order valence-corrected chi connectivity index (χ1v) is 8.91. The van der Waals surface area contributed by atoms with Crippen molar-refractivity contribution in [1.82, 2.24) is 0 Å². The molecule has 0 amide bonds. The SMILES string of the molecule is C[C@H](OC(=O)C12C[C@@H]3C[C@@H](CC(Cl)(C3)C1)C2)c1ccc(F)cc1. The number of carbonyl (C=O) groups excluding carboxylic acids is 1. The molecule has 4 aliphatic rings. The number of rotatable bonds is 3. The van der Waals surface area contributed by atoms with Gasteiger partial charge < -0.3 is 4.74 Å². The molecule has 23 heavy (non-hydrogen) atoms. The molecule has 4 saturated carbocycles. The van der Waals surface area contributed by atoms with E-state index in [1.54, 1.807) is 12.1 Å². The quantitative estimate of drug-likeness (QED) is 0.573. The Hall–Kier alpha value is -1.09. The van der Waals surface area contributed by atoms with Gasteiger partial charge in [0.05, 0.1) is 5.41 Å². The van der Waals surface area contributed by atoms with Gasteiger partial charge in [-0.1, -0.05) is 12.1 Å². The topological polar surface area (TPSA) is 26.3 Å². The van der Waals surface area contributed by atoms with E-state index in [9.17, 15) is 9.18 Å². The van der Waals surface area contributed by atoms with Crippen LogP contribution in [-0.2, 0) is 9.53 Å². The highest BCUT2D eigenvalue weighted by Gasteiger charge is 2.60. The van der Waals surface area contributed by atoms with E-state index in [0.717, 1.165) is 37.7 Å². The molecular formula is C19H22ClFO2. The van der Waals surface area contributed by atoms with Crippen LogP contribution in [0.3, 0.4) is 0 Å². The first-order chi connectivity index (χ1) is 10.9. The number of carbonyl (C=O) groups is 1. The number of alkyl halides is 1. The van der Waals surface area contributed by atoms with E-state index in [2.05, 4.69) is 0 Å². The Balaban J connectivity index is 1.51. The number of halogens is 2. The standard InChI is InChI=1S/C19H22ClFO2/c1-12(15-2-4-16(21)5-3-15)23-17(22)18-7-13-6-14(8-18)10-19(20,9-13)11-18/h2-5,12-14H,6-11H2,1H3/t12-,13-,14+,18?,19?/m0/s1. The Morgan fingerprint density at radius 1 is 1.22 bits per heavy atom. The van der Waals surface area contributed by atoms with Gasteiger partial charge in [0.15, 0.2) is 0 Å². The van der Waals surface area contributed by atoms with Crippen LogP contribution in [0.2, 0.25) is 0 Å². The van der Waals surface area contributed by atoms with Crippen LogP contribution < -0.4 is 0 Å². The van der Waals surface area contributed by atoms with Gasteiger partial charge in [-0.2, -0.15) is 0 Å². The van der Waals surface area contributed by atoms with Gasteiger partial charge in [-0.3, -0.25) is 4.79 Å². The normalized spacial score (nSPS) is 39.3. The average molecular weight is 337 g/mol. The zero-order chi connectivity index (χ0) is 16.2. The number of esters is 1. The average Bonchev–Trinajstić information content (AvgIpc) is 2.45. The number of hydrogen-bond acceptors (Lipinski definition) is 2. The van der Waals surface area contributed by atoms with Crippen LogP contribution in [0.15, 0.2) is 24.3 Å². The molecule has 4 bridgehead atoms. The summed E-state index contributed by atoms with van der Waals surface area (Å²) in [6, 6.07) is 6.16. The molecule has 0 aliphatic heterocycles. The first-order valence-electron chi connectivity index (χ1n) is 8.53. The minimum absolute atomic E-state index is 0.103. The Kier molecular flexibility index (Phi) is 3.49. The van der Waals surface area contributed by atoms with Crippen molar-refractivity contribution in [3.05, 3.63) is 35.6 Å². The summed E-state index contributed by atoms with van der Waals surface area (Å²) >= 11 is 6.79.